The molecular formula is C23H19F5N4O4S. The van der Waals surface area contributed by atoms with Crippen molar-refractivity contribution < 1.29 is 39.9 Å². The van der Waals surface area contributed by atoms with Crippen molar-refractivity contribution in [2.45, 2.75) is 43.4 Å². The van der Waals surface area contributed by atoms with Gasteiger partial charge in [-0.3, -0.25) is 4.79 Å². The molecule has 2 heterocycles. The van der Waals surface area contributed by atoms with E-state index in [0.29, 0.717) is 0 Å². The Hall–Kier alpha value is -3.68. The zero-order valence-corrected chi connectivity index (χ0v) is 20.4. The molecule has 1 aliphatic carbocycles. The van der Waals surface area contributed by atoms with Crippen molar-refractivity contribution in [2.24, 2.45) is 0 Å². The highest BCUT2D eigenvalue weighted by molar-refractivity contribution is 7.90. The third kappa shape index (κ3) is 5.38. The van der Waals surface area contributed by atoms with Gasteiger partial charge in [-0.25, -0.2) is 17.8 Å². The molecule has 1 amide bonds. The summed E-state index contributed by atoms with van der Waals surface area (Å²) in [6.07, 6.45) is -3.69. The van der Waals surface area contributed by atoms with Gasteiger partial charge in [-0.1, -0.05) is 6.07 Å². The van der Waals surface area contributed by atoms with Crippen LogP contribution in [0.4, 0.5) is 27.6 Å². The molecule has 14 heteroatoms. The topological polar surface area (TPSA) is 111 Å². The summed E-state index contributed by atoms with van der Waals surface area (Å²) in [6, 6.07) is 6.27. The highest BCUT2D eigenvalue weighted by Crippen LogP contribution is 2.49. The largest absolute Gasteiger partial charge is 0.435 e. The Morgan fingerprint density at radius 3 is 2.38 bits per heavy atom. The first-order chi connectivity index (χ1) is 17.1. The molecule has 1 aromatic carbocycles. The van der Waals surface area contributed by atoms with Crippen LogP contribution in [0.5, 0.6) is 11.6 Å². The lowest BCUT2D eigenvalue weighted by Crippen LogP contribution is -2.21. The summed E-state index contributed by atoms with van der Waals surface area (Å²) in [6.45, 7) is 2.33. The number of hydrogen-bond acceptors (Lipinski definition) is 7. The van der Waals surface area contributed by atoms with Crippen molar-refractivity contribution in [3.63, 3.8) is 0 Å². The van der Waals surface area contributed by atoms with Crippen molar-refractivity contribution in [1.29, 1.82) is 0 Å². The predicted molar refractivity (Wildman–Crippen MR) is 120 cm³/mol. The lowest BCUT2D eigenvalue weighted by molar-refractivity contribution is -0.142. The number of nitrogens with zero attached hydrogens (tertiary/aromatic N) is 3. The number of amides is 1. The number of benzene rings is 1. The highest BCUT2D eigenvalue weighted by Gasteiger charge is 2.47. The fourth-order valence-electron chi connectivity index (χ4n) is 3.54. The summed E-state index contributed by atoms with van der Waals surface area (Å²) >= 11 is 0. The average Bonchev–Trinajstić information content (AvgIpc) is 3.53. The molecule has 4 rings (SSSR count). The van der Waals surface area contributed by atoms with Gasteiger partial charge in [-0.15, -0.1) is 10.2 Å². The zero-order valence-electron chi connectivity index (χ0n) is 19.6. The molecule has 0 bridgehead atoms. The van der Waals surface area contributed by atoms with Gasteiger partial charge >= 0.3 is 6.18 Å². The van der Waals surface area contributed by atoms with E-state index in [4.69, 9.17) is 4.74 Å². The van der Waals surface area contributed by atoms with Gasteiger partial charge in [0, 0.05) is 11.9 Å². The van der Waals surface area contributed by atoms with Crippen molar-refractivity contribution in [1.82, 2.24) is 15.2 Å². The maximum atomic E-state index is 14.8. The Kier molecular flexibility index (Phi) is 6.42. The fraction of sp³-hybridized carbons (Fsp3) is 0.304. The van der Waals surface area contributed by atoms with E-state index in [1.165, 1.54) is 31.2 Å². The van der Waals surface area contributed by atoms with Gasteiger partial charge in [0.25, 0.3) is 17.7 Å². The number of aryl methyl sites for hydroxylation is 1. The molecule has 1 fully saturated rings. The summed E-state index contributed by atoms with van der Waals surface area (Å²) in [4.78, 5) is 16.5. The standard InChI is InChI=1S/C23H19F5N4O4S/c1-11-9-15(22(25)7-8-22)30-19(24)17(11)36-21-16(12(2)18(31-32-21)23(26,27)28)20(33)29-13-5-4-6-14(10-13)37(3,34)35/h4-6,9-10H,7-8H2,1-3H3,(H,29,33). The number of anilines is 1. The van der Waals surface area contributed by atoms with Gasteiger partial charge in [0.05, 0.1) is 10.6 Å². The number of pyridine rings is 1. The number of hydrogen-bond donors (Lipinski definition) is 1. The zero-order chi connectivity index (χ0) is 27.3. The molecular weight excluding hydrogens is 523 g/mol. The van der Waals surface area contributed by atoms with Crippen LogP contribution >= 0.6 is 0 Å². The second kappa shape index (κ2) is 9.01. The third-order valence-electron chi connectivity index (χ3n) is 5.66. The second-order valence-electron chi connectivity index (χ2n) is 8.62. The monoisotopic (exact) mass is 542 g/mol. The smallest absolute Gasteiger partial charge is 0.432 e. The molecule has 196 valence electrons. The third-order valence-corrected chi connectivity index (χ3v) is 6.77. The van der Waals surface area contributed by atoms with E-state index in [-0.39, 0.29) is 34.7 Å². The van der Waals surface area contributed by atoms with Gasteiger partial charge < -0.3 is 10.1 Å². The molecule has 0 unspecified atom stereocenters. The van der Waals surface area contributed by atoms with E-state index < -0.39 is 62.0 Å². The molecule has 3 aromatic rings. The van der Waals surface area contributed by atoms with Gasteiger partial charge in [-0.05, 0) is 62.1 Å². The van der Waals surface area contributed by atoms with Gasteiger partial charge in [0.2, 0.25) is 0 Å². The maximum Gasteiger partial charge on any atom is 0.435 e. The Balaban J connectivity index is 1.77. The van der Waals surface area contributed by atoms with Crippen LogP contribution in [-0.4, -0.2) is 35.8 Å². The minimum absolute atomic E-state index is 0.0466. The fourth-order valence-corrected chi connectivity index (χ4v) is 4.21. The van der Waals surface area contributed by atoms with E-state index in [1.54, 1.807) is 0 Å². The predicted octanol–water partition coefficient (Wildman–Crippen LogP) is 5.05. The number of ether oxygens (including phenoxy) is 1. The first-order valence-corrected chi connectivity index (χ1v) is 12.6. The van der Waals surface area contributed by atoms with Crippen LogP contribution in [0.3, 0.4) is 0 Å². The van der Waals surface area contributed by atoms with Gasteiger partial charge in [-0.2, -0.15) is 17.6 Å². The minimum atomic E-state index is -4.98. The van der Waals surface area contributed by atoms with Crippen LogP contribution in [-0.2, 0) is 21.7 Å². The summed E-state index contributed by atoms with van der Waals surface area (Å²) in [5, 5.41) is 8.78. The number of carbonyl (C=O) groups is 1. The van der Waals surface area contributed by atoms with Crippen LogP contribution in [0.2, 0.25) is 0 Å². The number of halogens is 5. The Morgan fingerprint density at radius 2 is 1.81 bits per heavy atom. The van der Waals surface area contributed by atoms with Crippen LogP contribution in [0.15, 0.2) is 35.2 Å². The lowest BCUT2D eigenvalue weighted by Gasteiger charge is -2.17. The normalized spacial score (nSPS) is 14.8. The molecule has 1 saturated carbocycles. The molecule has 0 radical (unpaired) electrons. The number of rotatable bonds is 6. The quantitative estimate of drug-likeness (QED) is 0.343. The van der Waals surface area contributed by atoms with Gasteiger partial charge in [0.1, 0.15) is 5.56 Å². The van der Waals surface area contributed by atoms with Crippen molar-refractivity contribution in [2.75, 3.05) is 11.6 Å². The molecule has 37 heavy (non-hydrogen) atoms. The van der Waals surface area contributed by atoms with E-state index in [2.05, 4.69) is 20.5 Å². The van der Waals surface area contributed by atoms with E-state index >= 15 is 0 Å². The number of aromatic nitrogens is 3. The van der Waals surface area contributed by atoms with Crippen LogP contribution in [0, 0.1) is 19.8 Å². The Labute approximate surface area is 207 Å². The minimum Gasteiger partial charge on any atom is -0.432 e. The van der Waals surface area contributed by atoms with Crippen molar-refractivity contribution in [3.05, 3.63) is 64.4 Å². The summed E-state index contributed by atoms with van der Waals surface area (Å²) < 4.78 is 98.7. The molecule has 0 spiro atoms. The lowest BCUT2D eigenvalue weighted by atomic mass is 10.1. The highest BCUT2D eigenvalue weighted by atomic mass is 32.2. The molecule has 0 aliphatic heterocycles. The van der Waals surface area contributed by atoms with Crippen LogP contribution < -0.4 is 10.1 Å². The van der Waals surface area contributed by atoms with Crippen LogP contribution in [0.1, 0.15) is 45.7 Å². The van der Waals surface area contributed by atoms with E-state index in [1.807, 2.05) is 0 Å². The molecule has 0 saturated heterocycles. The van der Waals surface area contributed by atoms with E-state index in [0.717, 1.165) is 19.2 Å². The molecule has 0 atom stereocenters. The van der Waals surface area contributed by atoms with Gasteiger partial charge in [0.15, 0.2) is 26.9 Å². The second-order valence-corrected chi connectivity index (χ2v) is 10.6. The average molecular weight is 542 g/mol. The first kappa shape index (κ1) is 26.4. The Morgan fingerprint density at radius 1 is 1.14 bits per heavy atom. The number of alkyl halides is 4. The summed E-state index contributed by atoms with van der Waals surface area (Å²) in [7, 11) is -3.65. The molecule has 2 aromatic heterocycles. The number of carbonyl (C=O) groups excluding carboxylic acids is 1. The van der Waals surface area contributed by atoms with Crippen molar-refractivity contribution >= 4 is 21.4 Å². The first-order valence-electron chi connectivity index (χ1n) is 10.7. The van der Waals surface area contributed by atoms with Crippen LogP contribution in [0.25, 0.3) is 0 Å². The SMILES string of the molecule is Cc1cc(C2(F)CC2)nc(F)c1Oc1nnc(C(F)(F)F)c(C)c1C(=O)Nc1cccc(S(C)(=O)=O)c1. The number of nitrogens with one attached hydrogen (secondary N) is 1. The van der Waals surface area contributed by atoms with E-state index in [9.17, 15) is 35.2 Å². The summed E-state index contributed by atoms with van der Waals surface area (Å²) in [5.74, 6) is -3.73. The number of sulfone groups is 1. The summed E-state index contributed by atoms with van der Waals surface area (Å²) in [5.41, 5.74) is -4.74. The van der Waals surface area contributed by atoms with Crippen molar-refractivity contribution in [3.8, 4) is 11.6 Å². The molecule has 1 N–H and O–H groups in total. The molecule has 8 nitrogen and oxygen atoms in total. The maximum absolute atomic E-state index is 14.8. The molecule has 1 aliphatic rings. The Bertz CT molecular complexity index is 1500.